The second kappa shape index (κ2) is 2.46. The first kappa shape index (κ1) is 7.56. The van der Waals surface area contributed by atoms with E-state index in [0.717, 1.165) is 12.5 Å². The summed E-state index contributed by atoms with van der Waals surface area (Å²) in [5, 5.41) is 9.21. The van der Waals surface area contributed by atoms with Crippen molar-refractivity contribution in [2.24, 2.45) is 11.3 Å². The van der Waals surface area contributed by atoms with Gasteiger partial charge in [0.15, 0.2) is 0 Å². The van der Waals surface area contributed by atoms with Crippen LogP contribution in [-0.4, -0.2) is 36.8 Å². The van der Waals surface area contributed by atoms with Crippen molar-refractivity contribution in [3.05, 3.63) is 0 Å². The first-order valence-corrected chi connectivity index (χ1v) is 4.56. The van der Waals surface area contributed by atoms with E-state index in [1.54, 1.807) is 0 Å². The van der Waals surface area contributed by atoms with Gasteiger partial charge in [-0.25, -0.2) is 0 Å². The van der Waals surface area contributed by atoms with Gasteiger partial charge in [0.05, 0.1) is 6.61 Å². The molecule has 1 saturated carbocycles. The number of aliphatic hydroxyl groups is 1. The fraction of sp³-hybridized carbons (Fsp3) is 1.00. The van der Waals surface area contributed by atoms with Crippen molar-refractivity contribution in [3.63, 3.8) is 0 Å². The van der Waals surface area contributed by atoms with E-state index in [-0.39, 0.29) is 0 Å². The summed E-state index contributed by atoms with van der Waals surface area (Å²) in [6.45, 7) is 2.74. The normalized spacial score (nSPS) is 44.7. The minimum atomic E-state index is 0.325. The molecule has 2 nitrogen and oxygen atoms in total. The standard InChI is InChI=1S/C9H17NO/c1-10-4-2-3-8-5-9(8,6-10)7-11/h8,11H,2-7H2,1H3. The fourth-order valence-electron chi connectivity index (χ4n) is 2.50. The zero-order valence-electron chi connectivity index (χ0n) is 7.21. The van der Waals surface area contributed by atoms with Crippen molar-refractivity contribution < 1.29 is 5.11 Å². The Morgan fingerprint density at radius 1 is 1.64 bits per heavy atom. The van der Waals surface area contributed by atoms with Gasteiger partial charge in [0.1, 0.15) is 0 Å². The lowest BCUT2D eigenvalue weighted by Gasteiger charge is -2.19. The molecule has 0 amide bonds. The zero-order valence-corrected chi connectivity index (χ0v) is 7.21. The average Bonchev–Trinajstić information content (AvgIpc) is 2.63. The molecule has 11 heavy (non-hydrogen) atoms. The topological polar surface area (TPSA) is 23.5 Å². The molecular formula is C9H17NO. The predicted octanol–water partition coefficient (Wildman–Crippen LogP) is 0.711. The molecule has 0 aromatic carbocycles. The Morgan fingerprint density at radius 3 is 3.18 bits per heavy atom. The molecule has 0 radical (unpaired) electrons. The average molecular weight is 155 g/mol. The number of rotatable bonds is 1. The van der Waals surface area contributed by atoms with E-state index in [2.05, 4.69) is 11.9 Å². The molecule has 2 rings (SSSR count). The molecule has 1 aliphatic heterocycles. The first-order chi connectivity index (χ1) is 5.27. The SMILES string of the molecule is CN1CCCC2CC2(CO)C1. The van der Waals surface area contributed by atoms with E-state index >= 15 is 0 Å². The first-order valence-electron chi connectivity index (χ1n) is 4.56. The third-order valence-electron chi connectivity index (χ3n) is 3.35. The van der Waals surface area contributed by atoms with Crippen molar-refractivity contribution in [2.45, 2.75) is 19.3 Å². The van der Waals surface area contributed by atoms with Gasteiger partial charge < -0.3 is 10.0 Å². The predicted molar refractivity (Wildman–Crippen MR) is 44.4 cm³/mol. The highest BCUT2D eigenvalue weighted by Gasteiger charge is 2.54. The lowest BCUT2D eigenvalue weighted by atomic mass is 10.0. The van der Waals surface area contributed by atoms with Gasteiger partial charge in [-0.15, -0.1) is 0 Å². The fourth-order valence-corrected chi connectivity index (χ4v) is 2.50. The minimum absolute atomic E-state index is 0.325. The van der Waals surface area contributed by atoms with Gasteiger partial charge in [0.2, 0.25) is 0 Å². The third kappa shape index (κ3) is 1.18. The van der Waals surface area contributed by atoms with Crippen LogP contribution in [0.4, 0.5) is 0 Å². The van der Waals surface area contributed by atoms with Gasteiger partial charge >= 0.3 is 0 Å². The van der Waals surface area contributed by atoms with Crippen LogP contribution in [0.3, 0.4) is 0 Å². The van der Waals surface area contributed by atoms with Crippen molar-refractivity contribution >= 4 is 0 Å². The van der Waals surface area contributed by atoms with E-state index in [9.17, 15) is 5.11 Å². The Labute approximate surface area is 68.2 Å². The lowest BCUT2D eigenvalue weighted by Crippen LogP contribution is -2.28. The highest BCUT2D eigenvalue weighted by Crippen LogP contribution is 2.56. The Balaban J connectivity index is 2.03. The molecule has 1 heterocycles. The second-order valence-electron chi connectivity index (χ2n) is 4.30. The number of fused-ring (bicyclic) bond motifs is 1. The monoisotopic (exact) mass is 155 g/mol. The Hall–Kier alpha value is -0.0800. The van der Waals surface area contributed by atoms with Crippen molar-refractivity contribution in [1.82, 2.24) is 4.90 Å². The van der Waals surface area contributed by atoms with Gasteiger partial charge in [-0.2, -0.15) is 0 Å². The summed E-state index contributed by atoms with van der Waals surface area (Å²) < 4.78 is 0. The summed E-state index contributed by atoms with van der Waals surface area (Å²) in [4.78, 5) is 2.36. The molecule has 1 N–H and O–H groups in total. The van der Waals surface area contributed by atoms with Crippen LogP contribution in [-0.2, 0) is 0 Å². The highest BCUT2D eigenvalue weighted by atomic mass is 16.3. The molecule has 1 saturated heterocycles. The maximum Gasteiger partial charge on any atom is 0.0502 e. The number of aliphatic hydroxyl groups excluding tert-OH is 1. The quantitative estimate of drug-likeness (QED) is 0.603. The van der Waals surface area contributed by atoms with E-state index < -0.39 is 0 Å². The zero-order chi connectivity index (χ0) is 7.90. The number of hydrogen-bond donors (Lipinski definition) is 1. The van der Waals surface area contributed by atoms with Crippen LogP contribution in [0, 0.1) is 11.3 Å². The molecule has 0 aromatic rings. The van der Waals surface area contributed by atoms with E-state index in [0.29, 0.717) is 12.0 Å². The molecule has 2 heteroatoms. The van der Waals surface area contributed by atoms with Crippen molar-refractivity contribution in [2.75, 3.05) is 26.7 Å². The van der Waals surface area contributed by atoms with E-state index in [4.69, 9.17) is 0 Å². The van der Waals surface area contributed by atoms with Gasteiger partial charge in [-0.3, -0.25) is 0 Å². The molecule has 0 spiro atoms. The van der Waals surface area contributed by atoms with Crippen LogP contribution in [0.5, 0.6) is 0 Å². The second-order valence-corrected chi connectivity index (χ2v) is 4.30. The number of nitrogens with zero attached hydrogens (tertiary/aromatic N) is 1. The van der Waals surface area contributed by atoms with Crippen LogP contribution >= 0.6 is 0 Å². The van der Waals surface area contributed by atoms with Gasteiger partial charge in [0, 0.05) is 12.0 Å². The number of likely N-dealkylation sites (tertiary alicyclic amines) is 1. The molecule has 2 unspecified atom stereocenters. The van der Waals surface area contributed by atoms with Gasteiger partial charge in [0.25, 0.3) is 0 Å². The van der Waals surface area contributed by atoms with Crippen LogP contribution in [0.2, 0.25) is 0 Å². The molecule has 1 aliphatic carbocycles. The Morgan fingerprint density at radius 2 is 2.45 bits per heavy atom. The van der Waals surface area contributed by atoms with Crippen LogP contribution < -0.4 is 0 Å². The Bertz CT molecular complexity index is 158. The van der Waals surface area contributed by atoms with Crippen molar-refractivity contribution in [1.29, 1.82) is 0 Å². The summed E-state index contributed by atoms with van der Waals surface area (Å²) in [6, 6.07) is 0. The third-order valence-corrected chi connectivity index (χ3v) is 3.35. The molecule has 64 valence electrons. The van der Waals surface area contributed by atoms with Crippen LogP contribution in [0.15, 0.2) is 0 Å². The van der Waals surface area contributed by atoms with Crippen LogP contribution in [0.1, 0.15) is 19.3 Å². The summed E-state index contributed by atoms with van der Waals surface area (Å²) in [7, 11) is 2.16. The largest absolute Gasteiger partial charge is 0.396 e. The van der Waals surface area contributed by atoms with E-state index in [1.807, 2.05) is 0 Å². The molecule has 2 aliphatic rings. The molecule has 2 fully saturated rings. The molecule has 2 atom stereocenters. The minimum Gasteiger partial charge on any atom is -0.396 e. The maximum absolute atomic E-state index is 9.21. The highest BCUT2D eigenvalue weighted by molar-refractivity contribution is 5.04. The van der Waals surface area contributed by atoms with Gasteiger partial charge in [-0.05, 0) is 38.8 Å². The Kier molecular flexibility index (Phi) is 1.69. The molecule has 0 bridgehead atoms. The van der Waals surface area contributed by atoms with Gasteiger partial charge in [-0.1, -0.05) is 0 Å². The number of hydrogen-bond acceptors (Lipinski definition) is 2. The van der Waals surface area contributed by atoms with Crippen molar-refractivity contribution in [3.8, 4) is 0 Å². The molecule has 0 aromatic heterocycles. The maximum atomic E-state index is 9.21. The molecular weight excluding hydrogens is 138 g/mol. The van der Waals surface area contributed by atoms with Crippen LogP contribution in [0.25, 0.3) is 0 Å². The summed E-state index contributed by atoms with van der Waals surface area (Å²) in [5.41, 5.74) is 0.325. The summed E-state index contributed by atoms with van der Waals surface area (Å²) in [5.74, 6) is 0.845. The smallest absolute Gasteiger partial charge is 0.0502 e. The summed E-state index contributed by atoms with van der Waals surface area (Å²) in [6.07, 6.45) is 3.93. The van der Waals surface area contributed by atoms with E-state index in [1.165, 1.54) is 25.8 Å². The summed E-state index contributed by atoms with van der Waals surface area (Å²) >= 11 is 0. The lowest BCUT2D eigenvalue weighted by molar-refractivity contribution is 0.163.